The van der Waals surface area contributed by atoms with Gasteiger partial charge >= 0.3 is 5.97 Å². The molecule has 1 aliphatic rings. The largest absolute Gasteiger partial charge is 0.478 e. The van der Waals surface area contributed by atoms with Crippen molar-refractivity contribution < 1.29 is 9.90 Å². The molecule has 0 bridgehead atoms. The van der Waals surface area contributed by atoms with Crippen LogP contribution in [0.15, 0.2) is 90.0 Å². The number of allylic oxidation sites excluding steroid dienone is 2. The highest BCUT2D eigenvalue weighted by atomic mass is 35.5. The lowest BCUT2D eigenvalue weighted by Gasteiger charge is -2.03. The monoisotopic (exact) mass is 459 g/mol. The molecule has 3 nitrogen and oxygen atoms in total. The van der Waals surface area contributed by atoms with Crippen LogP contribution in [0.1, 0.15) is 23.1 Å². The number of carboxylic acids is 1. The van der Waals surface area contributed by atoms with E-state index < -0.39 is 5.97 Å². The molecule has 0 saturated carbocycles. The first kappa shape index (κ1) is 21.8. The Morgan fingerprint density at radius 3 is 2.06 bits per heavy atom. The van der Waals surface area contributed by atoms with E-state index in [9.17, 15) is 4.79 Å². The Hall–Kier alpha value is -3.40. The lowest BCUT2D eigenvalue weighted by atomic mass is 10.0. The maximum atomic E-state index is 10.6. The number of hydrogen-bond donors (Lipinski definition) is 1. The Bertz CT molecular complexity index is 1270. The van der Waals surface area contributed by atoms with Crippen LogP contribution in [0.2, 0.25) is 10.0 Å². The topological polar surface area (TPSA) is 49.7 Å². The molecule has 32 heavy (non-hydrogen) atoms. The summed E-state index contributed by atoms with van der Waals surface area (Å²) in [6, 6.07) is 21.4. The van der Waals surface area contributed by atoms with Crippen LogP contribution in [0.4, 0.5) is 0 Å². The molecule has 0 aromatic heterocycles. The van der Waals surface area contributed by atoms with Gasteiger partial charge in [0.25, 0.3) is 0 Å². The van der Waals surface area contributed by atoms with E-state index in [2.05, 4.69) is 35.3 Å². The molecule has 0 unspecified atom stereocenters. The molecule has 1 N–H and O–H groups in total. The zero-order valence-corrected chi connectivity index (χ0v) is 18.5. The first-order valence-electron chi connectivity index (χ1n) is 10.0. The van der Waals surface area contributed by atoms with Crippen molar-refractivity contribution >= 4 is 52.7 Å². The maximum Gasteiger partial charge on any atom is 0.328 e. The predicted octanol–water partition coefficient (Wildman–Crippen LogP) is 7.66. The Morgan fingerprint density at radius 2 is 1.47 bits per heavy atom. The van der Waals surface area contributed by atoms with Crippen molar-refractivity contribution in [3.05, 3.63) is 112 Å². The van der Waals surface area contributed by atoms with E-state index in [0.717, 1.165) is 51.7 Å². The van der Waals surface area contributed by atoms with E-state index in [4.69, 9.17) is 28.3 Å². The van der Waals surface area contributed by atoms with Gasteiger partial charge in [-0.1, -0.05) is 83.9 Å². The fourth-order valence-electron chi connectivity index (χ4n) is 3.35. The van der Waals surface area contributed by atoms with Crippen molar-refractivity contribution in [3.63, 3.8) is 0 Å². The second-order valence-electron chi connectivity index (χ2n) is 7.27. The third-order valence-electron chi connectivity index (χ3n) is 5.02. The van der Waals surface area contributed by atoms with Crippen molar-refractivity contribution in [2.45, 2.75) is 6.42 Å². The Morgan fingerprint density at radius 1 is 0.844 bits per heavy atom. The summed E-state index contributed by atoms with van der Waals surface area (Å²) >= 11 is 12.3. The standard InChI is InChI=1S/C27H19Cl2NO2/c28-22-11-14-24(25(29)17-22)26-15-13-23(30-26)12-5-18-1-7-20(8-2-18)21-9-3-19(4-10-21)6-16-27(31)32/h1-12,14-17H,13H2,(H,31,32)/b12-5+,16-6+. The van der Waals surface area contributed by atoms with Crippen molar-refractivity contribution in [1.29, 1.82) is 0 Å². The number of carbonyl (C=O) groups is 1. The summed E-state index contributed by atoms with van der Waals surface area (Å²) in [6.07, 6.45) is 9.59. The molecule has 0 aliphatic carbocycles. The quantitative estimate of drug-likeness (QED) is 0.384. The van der Waals surface area contributed by atoms with E-state index in [0.29, 0.717) is 10.0 Å². The van der Waals surface area contributed by atoms with Crippen molar-refractivity contribution in [2.75, 3.05) is 0 Å². The number of nitrogens with zero attached hydrogens (tertiary/aromatic N) is 1. The second-order valence-corrected chi connectivity index (χ2v) is 8.11. The van der Waals surface area contributed by atoms with Crippen LogP contribution in [0.5, 0.6) is 0 Å². The number of benzene rings is 3. The number of carboxylic acid groups (broad SMARTS) is 1. The van der Waals surface area contributed by atoms with Crippen LogP contribution in [-0.2, 0) is 4.79 Å². The van der Waals surface area contributed by atoms with E-state index in [1.165, 1.54) is 0 Å². The Labute approximate surface area is 196 Å². The molecule has 0 saturated heterocycles. The number of aliphatic carboxylic acids is 1. The molecule has 0 atom stereocenters. The molecule has 0 fully saturated rings. The van der Waals surface area contributed by atoms with Gasteiger partial charge in [-0.3, -0.25) is 4.99 Å². The van der Waals surface area contributed by atoms with Gasteiger partial charge in [-0.2, -0.15) is 0 Å². The fourth-order valence-corrected chi connectivity index (χ4v) is 3.86. The number of halogens is 2. The second kappa shape index (κ2) is 9.82. The predicted molar refractivity (Wildman–Crippen MR) is 134 cm³/mol. The van der Waals surface area contributed by atoms with Crippen LogP contribution >= 0.6 is 23.2 Å². The first-order valence-corrected chi connectivity index (χ1v) is 10.8. The lowest BCUT2D eigenvalue weighted by Crippen LogP contribution is -1.86. The third kappa shape index (κ3) is 5.44. The third-order valence-corrected chi connectivity index (χ3v) is 5.56. The lowest BCUT2D eigenvalue weighted by molar-refractivity contribution is -0.131. The molecule has 5 heteroatoms. The van der Waals surface area contributed by atoms with E-state index in [1.807, 2.05) is 48.6 Å². The normalized spacial score (nSPS) is 13.6. The van der Waals surface area contributed by atoms with E-state index >= 15 is 0 Å². The van der Waals surface area contributed by atoms with Crippen LogP contribution in [0.25, 0.3) is 29.0 Å². The minimum atomic E-state index is -0.956. The molecule has 0 radical (unpaired) electrons. The van der Waals surface area contributed by atoms with Gasteiger partial charge < -0.3 is 5.11 Å². The Balaban J connectivity index is 1.42. The molecular formula is C27H19Cl2NO2. The van der Waals surface area contributed by atoms with Gasteiger partial charge in [0.15, 0.2) is 0 Å². The van der Waals surface area contributed by atoms with Crippen LogP contribution in [-0.4, -0.2) is 16.8 Å². The zero-order valence-electron chi connectivity index (χ0n) is 17.0. The van der Waals surface area contributed by atoms with Gasteiger partial charge in [0.2, 0.25) is 0 Å². The average molecular weight is 460 g/mol. The van der Waals surface area contributed by atoms with Crippen molar-refractivity contribution in [1.82, 2.24) is 0 Å². The summed E-state index contributed by atoms with van der Waals surface area (Å²) in [5, 5.41) is 9.92. The highest BCUT2D eigenvalue weighted by Gasteiger charge is 2.12. The van der Waals surface area contributed by atoms with Crippen molar-refractivity contribution in [3.8, 4) is 11.1 Å². The first-order chi connectivity index (χ1) is 15.5. The summed E-state index contributed by atoms with van der Waals surface area (Å²) < 4.78 is 0. The summed E-state index contributed by atoms with van der Waals surface area (Å²) in [4.78, 5) is 15.3. The van der Waals surface area contributed by atoms with Crippen LogP contribution < -0.4 is 0 Å². The molecule has 1 aliphatic heterocycles. The van der Waals surface area contributed by atoms with E-state index in [1.54, 1.807) is 12.1 Å². The number of rotatable bonds is 6. The molecule has 4 rings (SSSR count). The SMILES string of the molecule is O=C(O)/C=C/c1ccc(-c2ccc(/C=C/C3=NC(c4ccc(Cl)cc4Cl)=CC3)cc2)cc1. The molecule has 0 amide bonds. The number of aliphatic imine (C=N–C) groups is 1. The van der Waals surface area contributed by atoms with Gasteiger partial charge in [-0.15, -0.1) is 0 Å². The highest BCUT2D eigenvalue weighted by molar-refractivity contribution is 6.35. The molecule has 158 valence electrons. The van der Waals surface area contributed by atoms with Crippen LogP contribution in [0.3, 0.4) is 0 Å². The van der Waals surface area contributed by atoms with Gasteiger partial charge in [0, 0.05) is 28.8 Å². The summed E-state index contributed by atoms with van der Waals surface area (Å²) in [6.45, 7) is 0. The number of hydrogen-bond acceptors (Lipinski definition) is 2. The minimum Gasteiger partial charge on any atom is -0.478 e. The zero-order chi connectivity index (χ0) is 22.5. The summed E-state index contributed by atoms with van der Waals surface area (Å²) in [5.74, 6) is -0.956. The minimum absolute atomic E-state index is 0.597. The van der Waals surface area contributed by atoms with Crippen LogP contribution in [0, 0.1) is 0 Å². The highest BCUT2D eigenvalue weighted by Crippen LogP contribution is 2.31. The molecule has 1 heterocycles. The molecular weight excluding hydrogens is 441 g/mol. The van der Waals surface area contributed by atoms with Gasteiger partial charge in [-0.25, -0.2) is 4.79 Å². The van der Waals surface area contributed by atoms with Gasteiger partial charge in [0.05, 0.1) is 10.7 Å². The molecule has 0 spiro atoms. The van der Waals surface area contributed by atoms with Gasteiger partial charge in [-0.05, 0) is 52.6 Å². The summed E-state index contributed by atoms with van der Waals surface area (Å²) in [7, 11) is 0. The molecule has 3 aromatic rings. The maximum absolute atomic E-state index is 10.6. The smallest absolute Gasteiger partial charge is 0.328 e. The average Bonchev–Trinajstić information content (AvgIpc) is 3.26. The fraction of sp³-hybridized carbons (Fsp3) is 0.0370. The Kier molecular flexibility index (Phi) is 6.69. The molecule has 3 aromatic carbocycles. The van der Waals surface area contributed by atoms with E-state index in [-0.39, 0.29) is 0 Å². The summed E-state index contributed by atoms with van der Waals surface area (Å²) in [5.41, 5.74) is 6.81. The van der Waals surface area contributed by atoms with Crippen molar-refractivity contribution in [2.24, 2.45) is 4.99 Å². The van der Waals surface area contributed by atoms with Gasteiger partial charge in [0.1, 0.15) is 0 Å².